The smallest absolute Gasteiger partial charge is 0.409 e. The first-order valence-corrected chi connectivity index (χ1v) is 11.1. The highest BCUT2D eigenvalue weighted by molar-refractivity contribution is 5.79. The molecule has 1 atom stereocenters. The van der Waals surface area contributed by atoms with Gasteiger partial charge < -0.3 is 23.8 Å². The van der Waals surface area contributed by atoms with E-state index in [9.17, 15) is 4.79 Å². The third-order valence-electron chi connectivity index (χ3n) is 5.89. The molecular weight excluding hydrogens is 394 g/mol. The zero-order chi connectivity index (χ0) is 21.5. The van der Waals surface area contributed by atoms with Crippen molar-refractivity contribution in [1.82, 2.24) is 4.90 Å². The SMILES string of the molecule is CN(CCOCCOC1CCCCO1)C(=O)OCC1c2ccccc2-c2ccccc21. The van der Waals surface area contributed by atoms with Crippen LogP contribution in [-0.2, 0) is 18.9 Å². The minimum absolute atomic E-state index is 0.0696. The minimum atomic E-state index is -0.336. The number of hydrogen-bond donors (Lipinski definition) is 0. The first-order chi connectivity index (χ1) is 15.2. The standard InChI is InChI=1S/C25H31NO5/c1-26(13-15-28-16-17-30-24-12-6-7-14-29-24)25(27)31-18-23-21-10-4-2-8-19(21)20-9-3-5-11-22(20)23/h2-5,8-11,23-24H,6-7,12-18H2,1H3. The van der Waals surface area contributed by atoms with Gasteiger partial charge in [0.1, 0.15) is 6.61 Å². The number of amides is 1. The molecule has 1 heterocycles. The third kappa shape index (κ3) is 5.45. The van der Waals surface area contributed by atoms with Gasteiger partial charge in [-0.2, -0.15) is 0 Å². The third-order valence-corrected chi connectivity index (χ3v) is 5.89. The molecule has 0 saturated carbocycles. The summed E-state index contributed by atoms with van der Waals surface area (Å²) in [7, 11) is 1.73. The van der Waals surface area contributed by atoms with Crippen molar-refractivity contribution in [3.63, 3.8) is 0 Å². The minimum Gasteiger partial charge on any atom is -0.448 e. The van der Waals surface area contributed by atoms with E-state index in [1.54, 1.807) is 11.9 Å². The molecular formula is C25H31NO5. The fourth-order valence-electron chi connectivity index (χ4n) is 4.18. The van der Waals surface area contributed by atoms with Gasteiger partial charge in [-0.1, -0.05) is 48.5 Å². The number of likely N-dealkylation sites (N-methyl/N-ethyl adjacent to an activating group) is 1. The predicted molar refractivity (Wildman–Crippen MR) is 118 cm³/mol. The van der Waals surface area contributed by atoms with E-state index in [0.29, 0.717) is 33.0 Å². The highest BCUT2D eigenvalue weighted by atomic mass is 16.7. The lowest BCUT2D eigenvalue weighted by molar-refractivity contribution is -0.169. The molecule has 6 nitrogen and oxygen atoms in total. The molecule has 166 valence electrons. The van der Waals surface area contributed by atoms with Gasteiger partial charge in [-0.05, 0) is 41.5 Å². The molecule has 0 aromatic heterocycles. The molecule has 0 spiro atoms. The van der Waals surface area contributed by atoms with Crippen LogP contribution in [0.25, 0.3) is 11.1 Å². The van der Waals surface area contributed by atoms with Crippen LogP contribution in [0.5, 0.6) is 0 Å². The molecule has 0 radical (unpaired) electrons. The maximum absolute atomic E-state index is 12.5. The van der Waals surface area contributed by atoms with Crippen LogP contribution in [0.3, 0.4) is 0 Å². The Morgan fingerprint density at radius 1 is 1.00 bits per heavy atom. The Hall–Kier alpha value is -2.41. The summed E-state index contributed by atoms with van der Waals surface area (Å²) in [4.78, 5) is 14.0. The van der Waals surface area contributed by atoms with Crippen molar-refractivity contribution in [2.75, 3.05) is 46.6 Å². The van der Waals surface area contributed by atoms with Gasteiger partial charge in [-0.3, -0.25) is 0 Å². The van der Waals surface area contributed by atoms with E-state index in [4.69, 9.17) is 18.9 Å². The molecule has 1 amide bonds. The Bertz CT molecular complexity index is 819. The molecule has 1 saturated heterocycles. The largest absolute Gasteiger partial charge is 0.448 e. The van der Waals surface area contributed by atoms with E-state index >= 15 is 0 Å². The van der Waals surface area contributed by atoms with Crippen molar-refractivity contribution in [2.24, 2.45) is 0 Å². The van der Waals surface area contributed by atoms with Crippen molar-refractivity contribution in [3.05, 3.63) is 59.7 Å². The number of nitrogens with zero attached hydrogens (tertiary/aromatic N) is 1. The average molecular weight is 426 g/mol. The lowest BCUT2D eigenvalue weighted by Crippen LogP contribution is -2.32. The Balaban J connectivity index is 1.18. The van der Waals surface area contributed by atoms with Crippen molar-refractivity contribution in [1.29, 1.82) is 0 Å². The second-order valence-corrected chi connectivity index (χ2v) is 8.00. The van der Waals surface area contributed by atoms with Crippen molar-refractivity contribution in [3.8, 4) is 11.1 Å². The molecule has 31 heavy (non-hydrogen) atoms. The van der Waals surface area contributed by atoms with Crippen molar-refractivity contribution < 1.29 is 23.7 Å². The first-order valence-electron chi connectivity index (χ1n) is 11.1. The second kappa shape index (κ2) is 10.8. The Morgan fingerprint density at radius 3 is 2.39 bits per heavy atom. The lowest BCUT2D eigenvalue weighted by atomic mass is 9.98. The quantitative estimate of drug-likeness (QED) is 0.557. The molecule has 2 aromatic carbocycles. The molecule has 1 unspecified atom stereocenters. The number of benzene rings is 2. The summed E-state index contributed by atoms with van der Waals surface area (Å²) < 4.78 is 22.4. The van der Waals surface area contributed by atoms with Gasteiger partial charge in [0, 0.05) is 26.1 Å². The van der Waals surface area contributed by atoms with Crippen LogP contribution in [0, 0.1) is 0 Å². The maximum atomic E-state index is 12.5. The van der Waals surface area contributed by atoms with Gasteiger partial charge in [0.15, 0.2) is 6.29 Å². The van der Waals surface area contributed by atoms with Crippen LogP contribution in [-0.4, -0.2) is 63.9 Å². The number of ether oxygens (including phenoxy) is 4. The molecule has 2 aromatic rings. The van der Waals surface area contributed by atoms with Crippen LogP contribution in [0.15, 0.2) is 48.5 Å². The average Bonchev–Trinajstić information content (AvgIpc) is 3.14. The van der Waals surface area contributed by atoms with Crippen LogP contribution in [0.2, 0.25) is 0 Å². The lowest BCUT2D eigenvalue weighted by Gasteiger charge is -2.22. The van der Waals surface area contributed by atoms with Gasteiger partial charge in [-0.25, -0.2) is 4.79 Å². The zero-order valence-corrected chi connectivity index (χ0v) is 18.1. The Labute approximate surface area is 184 Å². The zero-order valence-electron chi connectivity index (χ0n) is 18.1. The van der Waals surface area contributed by atoms with Crippen LogP contribution >= 0.6 is 0 Å². The number of hydrogen-bond acceptors (Lipinski definition) is 5. The monoisotopic (exact) mass is 425 g/mol. The number of fused-ring (bicyclic) bond motifs is 3. The normalized spacial score (nSPS) is 17.8. The second-order valence-electron chi connectivity index (χ2n) is 8.00. The van der Waals surface area contributed by atoms with Gasteiger partial charge in [-0.15, -0.1) is 0 Å². The number of carbonyl (C=O) groups excluding carboxylic acids is 1. The summed E-state index contributed by atoms with van der Waals surface area (Å²) in [6.07, 6.45) is 2.78. The molecule has 1 aliphatic heterocycles. The van der Waals surface area contributed by atoms with E-state index in [0.717, 1.165) is 25.9 Å². The number of carbonyl (C=O) groups is 1. The fraction of sp³-hybridized carbons (Fsp3) is 0.480. The van der Waals surface area contributed by atoms with Crippen LogP contribution in [0.1, 0.15) is 36.3 Å². The van der Waals surface area contributed by atoms with Gasteiger partial charge in [0.05, 0.1) is 19.8 Å². The number of rotatable bonds is 9. The predicted octanol–water partition coefficient (Wildman–Crippen LogP) is 4.43. The van der Waals surface area contributed by atoms with Crippen molar-refractivity contribution >= 4 is 6.09 Å². The molecule has 4 rings (SSSR count). The Kier molecular flexibility index (Phi) is 7.57. The van der Waals surface area contributed by atoms with E-state index in [1.165, 1.54) is 22.3 Å². The molecule has 6 heteroatoms. The van der Waals surface area contributed by atoms with Crippen LogP contribution in [0.4, 0.5) is 4.79 Å². The van der Waals surface area contributed by atoms with Crippen molar-refractivity contribution in [2.45, 2.75) is 31.5 Å². The summed E-state index contributed by atoms with van der Waals surface area (Å²) in [5, 5.41) is 0. The molecule has 0 N–H and O–H groups in total. The first kappa shape index (κ1) is 21.8. The summed E-state index contributed by atoms with van der Waals surface area (Å²) in [5.74, 6) is 0.0696. The van der Waals surface area contributed by atoms with Gasteiger partial charge in [0.2, 0.25) is 0 Å². The molecule has 1 aliphatic carbocycles. The van der Waals surface area contributed by atoms with E-state index in [1.807, 2.05) is 24.3 Å². The van der Waals surface area contributed by atoms with Crippen LogP contribution < -0.4 is 0 Å². The topological polar surface area (TPSA) is 57.2 Å². The summed E-state index contributed by atoms with van der Waals surface area (Å²) in [6, 6.07) is 16.7. The highest BCUT2D eigenvalue weighted by Gasteiger charge is 2.29. The van der Waals surface area contributed by atoms with E-state index in [-0.39, 0.29) is 18.3 Å². The van der Waals surface area contributed by atoms with Gasteiger partial charge >= 0.3 is 6.09 Å². The fourth-order valence-corrected chi connectivity index (χ4v) is 4.18. The van der Waals surface area contributed by atoms with E-state index < -0.39 is 0 Å². The van der Waals surface area contributed by atoms with E-state index in [2.05, 4.69) is 24.3 Å². The van der Waals surface area contributed by atoms with Gasteiger partial charge in [0.25, 0.3) is 0 Å². The summed E-state index contributed by atoms with van der Waals surface area (Å²) >= 11 is 0. The Morgan fingerprint density at radius 2 is 1.71 bits per heavy atom. The molecule has 1 fully saturated rings. The summed E-state index contributed by atoms with van der Waals surface area (Å²) in [5.41, 5.74) is 4.87. The highest BCUT2D eigenvalue weighted by Crippen LogP contribution is 2.44. The maximum Gasteiger partial charge on any atom is 0.409 e. The summed E-state index contributed by atoms with van der Waals surface area (Å²) in [6.45, 7) is 2.99. The molecule has 2 aliphatic rings. The molecule has 0 bridgehead atoms.